The van der Waals surface area contributed by atoms with Crippen LogP contribution < -0.4 is 14.9 Å². The third-order valence-corrected chi connectivity index (χ3v) is 12.5. The number of aryl methyl sites for hydroxylation is 2. The lowest BCUT2D eigenvalue weighted by molar-refractivity contribution is -0.660. The number of hydrogen-bond acceptors (Lipinski definition) is 0. The van der Waals surface area contributed by atoms with Gasteiger partial charge in [0.25, 0.3) is 0 Å². The van der Waals surface area contributed by atoms with Gasteiger partial charge in [-0.15, -0.1) is 0 Å². The van der Waals surface area contributed by atoms with E-state index in [1.165, 1.54) is 60.1 Å². The molecule has 1 spiro atoms. The van der Waals surface area contributed by atoms with Crippen LogP contribution in [0.5, 0.6) is 0 Å². The lowest BCUT2D eigenvalue weighted by atomic mass is 9.64. The Bertz CT molecular complexity index is 1420. The van der Waals surface area contributed by atoms with Crippen molar-refractivity contribution in [1.82, 2.24) is 0 Å². The summed E-state index contributed by atoms with van der Waals surface area (Å²) in [5.41, 5.74) is 10.0. The molecule has 1 aliphatic carbocycles. The van der Waals surface area contributed by atoms with E-state index in [2.05, 4.69) is 117 Å². The molecule has 0 atom stereocenters. The zero-order valence-corrected chi connectivity index (χ0v) is 22.6. The molecule has 0 amide bonds. The van der Waals surface area contributed by atoms with Gasteiger partial charge in [-0.05, 0) is 53.6 Å². The second-order valence-electron chi connectivity index (χ2n) is 11.3. The van der Waals surface area contributed by atoms with Crippen molar-refractivity contribution in [2.45, 2.75) is 57.5 Å². The van der Waals surface area contributed by atoms with E-state index >= 15 is 0 Å². The molecular weight excluding hydrogens is 438 g/mol. The second-order valence-corrected chi connectivity index (χ2v) is 15.6. The first-order valence-corrected chi connectivity index (χ1v) is 16.2. The van der Waals surface area contributed by atoms with E-state index < -0.39 is 8.07 Å². The van der Waals surface area contributed by atoms with Gasteiger partial charge in [-0.25, -0.2) is 4.57 Å². The fourth-order valence-corrected chi connectivity index (χ4v) is 10.3. The Labute approximate surface area is 211 Å². The molecule has 0 bridgehead atoms. The Morgan fingerprint density at radius 3 is 2.20 bits per heavy atom. The number of aromatic nitrogens is 1. The third kappa shape index (κ3) is 3.45. The molecule has 0 radical (unpaired) electrons. The highest BCUT2D eigenvalue weighted by atomic mass is 28.3. The molecular formula is C33H36NSi+. The summed E-state index contributed by atoms with van der Waals surface area (Å²) in [6.45, 7) is 7.32. The summed E-state index contributed by atoms with van der Waals surface area (Å²) in [5, 5.41) is 3.32. The number of benzene rings is 3. The smallest absolute Gasteiger partial charge is 0.201 e. The SMILES string of the molecule is Cc1ccccc1-c1cc(-c2ccc3c(c2)C2(CCCCC2)c2ccccc2[Si]3(C)C)cc[n+]1C. The first-order chi connectivity index (χ1) is 16.9. The van der Waals surface area contributed by atoms with Crippen LogP contribution in [0.4, 0.5) is 0 Å². The molecule has 2 aliphatic rings. The summed E-state index contributed by atoms with van der Waals surface area (Å²) in [7, 11) is 0.404. The lowest BCUT2D eigenvalue weighted by Gasteiger charge is -2.48. The molecule has 1 aliphatic heterocycles. The largest absolute Gasteiger partial charge is 0.213 e. The number of nitrogens with zero attached hydrogens (tertiary/aromatic N) is 1. The molecule has 0 unspecified atom stereocenters. The first-order valence-electron chi connectivity index (χ1n) is 13.2. The molecule has 1 aromatic heterocycles. The van der Waals surface area contributed by atoms with Gasteiger partial charge >= 0.3 is 0 Å². The molecule has 0 saturated heterocycles. The fourth-order valence-electron chi connectivity index (χ4n) is 6.97. The summed E-state index contributed by atoms with van der Waals surface area (Å²) in [5.74, 6) is 0. The molecule has 4 aromatic rings. The Kier molecular flexibility index (Phi) is 5.34. The van der Waals surface area contributed by atoms with Crippen molar-refractivity contribution >= 4 is 18.4 Å². The third-order valence-electron chi connectivity index (χ3n) is 8.94. The maximum Gasteiger partial charge on any atom is 0.213 e. The van der Waals surface area contributed by atoms with E-state index in [0.29, 0.717) is 0 Å². The summed E-state index contributed by atoms with van der Waals surface area (Å²) >= 11 is 0. The van der Waals surface area contributed by atoms with E-state index in [1.54, 1.807) is 21.5 Å². The maximum atomic E-state index is 2.59. The number of rotatable bonds is 2. The Balaban J connectivity index is 1.55. The van der Waals surface area contributed by atoms with Crippen molar-refractivity contribution in [3.63, 3.8) is 0 Å². The Morgan fingerprint density at radius 1 is 0.714 bits per heavy atom. The average Bonchev–Trinajstić information content (AvgIpc) is 2.89. The zero-order valence-electron chi connectivity index (χ0n) is 21.6. The van der Waals surface area contributed by atoms with Gasteiger partial charge in [0.05, 0.1) is 0 Å². The van der Waals surface area contributed by atoms with Crippen LogP contribution in [0.25, 0.3) is 22.4 Å². The molecule has 35 heavy (non-hydrogen) atoms. The Morgan fingerprint density at radius 2 is 1.40 bits per heavy atom. The van der Waals surface area contributed by atoms with E-state index in [4.69, 9.17) is 0 Å². The van der Waals surface area contributed by atoms with Gasteiger partial charge in [-0.1, -0.05) is 103 Å². The fraction of sp³-hybridized carbons (Fsp3) is 0.303. The zero-order chi connectivity index (χ0) is 24.2. The van der Waals surface area contributed by atoms with Crippen LogP contribution in [-0.4, -0.2) is 8.07 Å². The van der Waals surface area contributed by atoms with E-state index in [-0.39, 0.29) is 5.41 Å². The molecule has 0 N–H and O–H groups in total. The maximum absolute atomic E-state index is 2.59. The Hall–Kier alpha value is -2.97. The van der Waals surface area contributed by atoms with Crippen LogP contribution >= 0.6 is 0 Å². The van der Waals surface area contributed by atoms with Gasteiger partial charge in [0.1, 0.15) is 15.1 Å². The molecule has 176 valence electrons. The summed E-state index contributed by atoms with van der Waals surface area (Å²) in [6, 6.07) is 30.3. The number of pyridine rings is 1. The molecule has 1 fully saturated rings. The minimum Gasteiger partial charge on any atom is -0.201 e. The van der Waals surface area contributed by atoms with Crippen molar-refractivity contribution in [2.24, 2.45) is 7.05 Å². The average molecular weight is 475 g/mol. The normalized spacial score (nSPS) is 17.6. The predicted molar refractivity (Wildman–Crippen MR) is 150 cm³/mol. The van der Waals surface area contributed by atoms with Gasteiger partial charge in [0.15, 0.2) is 6.20 Å². The number of hydrogen-bond donors (Lipinski definition) is 0. The highest BCUT2D eigenvalue weighted by Gasteiger charge is 2.47. The topological polar surface area (TPSA) is 3.88 Å². The van der Waals surface area contributed by atoms with Gasteiger partial charge in [0.2, 0.25) is 5.69 Å². The molecule has 6 rings (SSSR count). The van der Waals surface area contributed by atoms with Crippen molar-refractivity contribution in [3.05, 3.63) is 102 Å². The first kappa shape index (κ1) is 22.5. The van der Waals surface area contributed by atoms with Crippen molar-refractivity contribution < 1.29 is 4.57 Å². The molecule has 3 aromatic carbocycles. The van der Waals surface area contributed by atoms with Gasteiger partial charge in [-0.2, -0.15) is 0 Å². The highest BCUT2D eigenvalue weighted by molar-refractivity contribution is 7.01. The quantitative estimate of drug-likeness (QED) is 0.229. The molecule has 2 heterocycles. The van der Waals surface area contributed by atoms with Crippen molar-refractivity contribution in [2.75, 3.05) is 0 Å². The molecule has 1 saturated carbocycles. The second kappa shape index (κ2) is 8.31. The monoisotopic (exact) mass is 474 g/mol. The summed E-state index contributed by atoms with van der Waals surface area (Å²) in [4.78, 5) is 0. The van der Waals surface area contributed by atoms with Crippen LogP contribution in [0.3, 0.4) is 0 Å². The van der Waals surface area contributed by atoms with E-state index in [0.717, 1.165) is 0 Å². The minimum absolute atomic E-state index is 0.182. The van der Waals surface area contributed by atoms with E-state index in [1.807, 2.05) is 0 Å². The van der Waals surface area contributed by atoms with Crippen LogP contribution in [0.1, 0.15) is 48.8 Å². The van der Waals surface area contributed by atoms with E-state index in [9.17, 15) is 0 Å². The predicted octanol–water partition coefficient (Wildman–Crippen LogP) is 6.54. The van der Waals surface area contributed by atoms with Crippen LogP contribution in [-0.2, 0) is 12.5 Å². The highest BCUT2D eigenvalue weighted by Crippen LogP contribution is 2.47. The standard InChI is InChI=1S/C33H36NSi/c1-24-12-6-7-13-27(24)30-23-26(18-21-34(30)2)25-16-17-32-29(22-25)33(19-10-5-11-20-33)28-14-8-9-15-31(28)35(32,3)4/h6-9,12-18,21-23H,5,10-11,19-20H2,1-4H3/q+1. The lowest BCUT2D eigenvalue weighted by Crippen LogP contribution is -2.63. The molecule has 1 nitrogen and oxygen atoms in total. The van der Waals surface area contributed by atoms with Gasteiger partial charge < -0.3 is 0 Å². The van der Waals surface area contributed by atoms with Crippen LogP contribution in [0.2, 0.25) is 13.1 Å². The minimum atomic E-state index is -1.75. The summed E-state index contributed by atoms with van der Waals surface area (Å²) in [6.07, 6.45) is 8.82. The number of fused-ring (bicyclic) bond motifs is 4. The van der Waals surface area contributed by atoms with Crippen molar-refractivity contribution in [1.29, 1.82) is 0 Å². The van der Waals surface area contributed by atoms with Crippen molar-refractivity contribution in [3.8, 4) is 22.4 Å². The van der Waals surface area contributed by atoms with Crippen LogP contribution in [0.15, 0.2) is 85.1 Å². The van der Waals surface area contributed by atoms with Crippen LogP contribution in [0, 0.1) is 6.92 Å². The van der Waals surface area contributed by atoms with Gasteiger partial charge in [0, 0.05) is 23.1 Å². The molecule has 2 heteroatoms. The van der Waals surface area contributed by atoms with Gasteiger partial charge in [-0.3, -0.25) is 0 Å². The summed E-state index contributed by atoms with van der Waals surface area (Å²) < 4.78 is 2.25.